The second kappa shape index (κ2) is 8.15. The third-order valence-corrected chi connectivity index (χ3v) is 3.80. The number of para-hydroxylation sites is 1. The number of nitrogens with one attached hydrogen (secondary N) is 1. The Morgan fingerprint density at radius 2 is 1.92 bits per heavy atom. The summed E-state index contributed by atoms with van der Waals surface area (Å²) in [4.78, 5) is 23.7. The first kappa shape index (κ1) is 17.5. The highest BCUT2D eigenvalue weighted by Gasteiger charge is 2.21. The maximum atomic E-state index is 12.2. The number of ether oxygens (including phenoxy) is 1. The normalized spacial score (nSPS) is 11.6. The number of aliphatic carboxylic acids is 1. The lowest BCUT2D eigenvalue weighted by Crippen LogP contribution is -2.34. The predicted octanol–water partition coefficient (Wildman–Crippen LogP) is 2.68. The molecule has 2 aromatic carbocycles. The molecule has 2 aromatic rings. The quantitative estimate of drug-likeness (QED) is 0.820. The van der Waals surface area contributed by atoms with Crippen LogP contribution in [-0.4, -0.2) is 30.6 Å². The van der Waals surface area contributed by atoms with Crippen LogP contribution in [0.2, 0.25) is 0 Å². The Hall–Kier alpha value is -2.82. The predicted molar refractivity (Wildman–Crippen MR) is 91.3 cm³/mol. The third kappa shape index (κ3) is 4.59. The van der Waals surface area contributed by atoms with Gasteiger partial charge in [-0.2, -0.15) is 0 Å². The molecule has 2 N–H and O–H groups in total. The molecule has 0 radical (unpaired) electrons. The van der Waals surface area contributed by atoms with Gasteiger partial charge < -0.3 is 15.2 Å². The summed E-state index contributed by atoms with van der Waals surface area (Å²) in [5.74, 6) is -1.31. The Kier molecular flexibility index (Phi) is 5.95. The van der Waals surface area contributed by atoms with Crippen molar-refractivity contribution in [3.8, 4) is 5.75 Å². The van der Waals surface area contributed by atoms with E-state index in [2.05, 4.69) is 5.32 Å². The van der Waals surface area contributed by atoms with Crippen LogP contribution in [0, 0.1) is 12.8 Å². The Morgan fingerprint density at radius 3 is 2.58 bits per heavy atom. The van der Waals surface area contributed by atoms with Gasteiger partial charge in [0.1, 0.15) is 5.75 Å². The zero-order chi connectivity index (χ0) is 17.5. The first-order valence-corrected chi connectivity index (χ1v) is 7.71. The maximum Gasteiger partial charge on any atom is 0.308 e. The molecule has 0 spiro atoms. The molecule has 0 aromatic heterocycles. The molecule has 5 heteroatoms. The van der Waals surface area contributed by atoms with E-state index >= 15 is 0 Å². The highest BCUT2D eigenvalue weighted by atomic mass is 16.5. The molecule has 0 heterocycles. The summed E-state index contributed by atoms with van der Waals surface area (Å²) in [6.07, 6.45) is 0.285. The van der Waals surface area contributed by atoms with E-state index in [1.807, 2.05) is 31.2 Å². The van der Waals surface area contributed by atoms with Crippen LogP contribution in [0.4, 0.5) is 0 Å². The molecule has 0 aliphatic heterocycles. The van der Waals surface area contributed by atoms with Gasteiger partial charge in [0.2, 0.25) is 0 Å². The van der Waals surface area contributed by atoms with Crippen LogP contribution in [0.1, 0.15) is 21.5 Å². The van der Waals surface area contributed by atoms with E-state index < -0.39 is 11.9 Å². The highest BCUT2D eigenvalue weighted by molar-refractivity contribution is 5.94. The van der Waals surface area contributed by atoms with E-state index in [1.165, 1.54) is 0 Å². The highest BCUT2D eigenvalue weighted by Crippen LogP contribution is 2.21. The molecule has 1 atom stereocenters. The second-order valence-electron chi connectivity index (χ2n) is 5.63. The lowest BCUT2D eigenvalue weighted by molar-refractivity contribution is -0.141. The van der Waals surface area contributed by atoms with E-state index in [-0.39, 0.29) is 18.9 Å². The van der Waals surface area contributed by atoms with E-state index in [0.717, 1.165) is 11.1 Å². The lowest BCUT2D eigenvalue weighted by atomic mass is 9.98. The number of benzene rings is 2. The summed E-state index contributed by atoms with van der Waals surface area (Å²) in [6, 6.07) is 14.5. The first-order chi connectivity index (χ1) is 11.5. The number of amides is 1. The van der Waals surface area contributed by atoms with Gasteiger partial charge in [0.05, 0.1) is 13.0 Å². The molecule has 24 heavy (non-hydrogen) atoms. The molecule has 2 rings (SSSR count). The van der Waals surface area contributed by atoms with Crippen molar-refractivity contribution in [1.82, 2.24) is 5.32 Å². The summed E-state index contributed by atoms with van der Waals surface area (Å²) < 4.78 is 5.25. The SMILES string of the molecule is COc1ccccc1CC(CNC(=O)c1cccc(C)c1)C(=O)O. The molecule has 0 saturated carbocycles. The van der Waals surface area contributed by atoms with Gasteiger partial charge in [0.15, 0.2) is 0 Å². The number of carboxylic acids is 1. The fourth-order valence-corrected chi connectivity index (χ4v) is 2.49. The number of hydrogen-bond acceptors (Lipinski definition) is 3. The Bertz CT molecular complexity index is 727. The van der Waals surface area contributed by atoms with Crippen molar-refractivity contribution >= 4 is 11.9 Å². The number of methoxy groups -OCH3 is 1. The largest absolute Gasteiger partial charge is 0.496 e. The minimum Gasteiger partial charge on any atom is -0.496 e. The van der Waals surface area contributed by atoms with Crippen LogP contribution in [0.25, 0.3) is 0 Å². The molecule has 0 bridgehead atoms. The molecule has 126 valence electrons. The summed E-state index contributed by atoms with van der Waals surface area (Å²) in [7, 11) is 1.55. The summed E-state index contributed by atoms with van der Waals surface area (Å²) >= 11 is 0. The molecule has 0 fully saturated rings. The summed E-state index contributed by atoms with van der Waals surface area (Å²) in [6.45, 7) is 1.96. The Labute approximate surface area is 141 Å². The zero-order valence-electron chi connectivity index (χ0n) is 13.8. The van der Waals surface area contributed by atoms with E-state index in [0.29, 0.717) is 11.3 Å². The minimum absolute atomic E-state index is 0.0557. The second-order valence-corrected chi connectivity index (χ2v) is 5.63. The molecular weight excluding hydrogens is 306 g/mol. The van der Waals surface area contributed by atoms with Gasteiger partial charge in [0, 0.05) is 12.1 Å². The first-order valence-electron chi connectivity index (χ1n) is 7.71. The van der Waals surface area contributed by atoms with Gasteiger partial charge in [-0.1, -0.05) is 35.9 Å². The fraction of sp³-hybridized carbons (Fsp3) is 0.263. The monoisotopic (exact) mass is 327 g/mol. The zero-order valence-corrected chi connectivity index (χ0v) is 13.8. The van der Waals surface area contributed by atoms with E-state index in [4.69, 9.17) is 4.74 Å². The molecular formula is C19H21NO4. The molecule has 5 nitrogen and oxygen atoms in total. The molecule has 0 saturated heterocycles. The van der Waals surface area contributed by atoms with Crippen molar-refractivity contribution in [2.75, 3.05) is 13.7 Å². The molecule has 1 unspecified atom stereocenters. The van der Waals surface area contributed by atoms with E-state index in [1.54, 1.807) is 31.4 Å². The number of rotatable bonds is 7. The summed E-state index contributed by atoms with van der Waals surface area (Å²) in [5, 5.41) is 12.1. The Balaban J connectivity index is 2.04. The number of carboxylic acid groups (broad SMARTS) is 1. The van der Waals surface area contributed by atoms with Gasteiger partial charge in [-0.05, 0) is 37.1 Å². The maximum absolute atomic E-state index is 12.2. The summed E-state index contributed by atoms with van der Waals surface area (Å²) in [5.41, 5.74) is 2.31. The minimum atomic E-state index is -0.953. The molecule has 0 aliphatic carbocycles. The van der Waals surface area contributed by atoms with Crippen molar-refractivity contribution in [1.29, 1.82) is 0 Å². The number of carbonyl (C=O) groups is 2. The van der Waals surface area contributed by atoms with Gasteiger partial charge in [-0.15, -0.1) is 0 Å². The van der Waals surface area contributed by atoms with E-state index in [9.17, 15) is 14.7 Å². The lowest BCUT2D eigenvalue weighted by Gasteiger charge is -2.15. The number of carbonyl (C=O) groups excluding carboxylic acids is 1. The van der Waals surface area contributed by atoms with Gasteiger partial charge in [0.25, 0.3) is 5.91 Å². The van der Waals surface area contributed by atoms with Crippen molar-refractivity contribution in [2.24, 2.45) is 5.92 Å². The van der Waals surface area contributed by atoms with Gasteiger partial charge in [-0.25, -0.2) is 0 Å². The van der Waals surface area contributed by atoms with Crippen LogP contribution in [0.3, 0.4) is 0 Å². The molecule has 0 aliphatic rings. The van der Waals surface area contributed by atoms with Crippen LogP contribution < -0.4 is 10.1 Å². The fourth-order valence-electron chi connectivity index (χ4n) is 2.49. The third-order valence-electron chi connectivity index (χ3n) is 3.80. The standard InChI is InChI=1S/C19H21NO4/c1-13-6-5-8-15(10-13)18(21)20-12-16(19(22)23)11-14-7-3-4-9-17(14)24-2/h3-10,16H,11-12H2,1-2H3,(H,20,21)(H,22,23). The van der Waals surface area contributed by atoms with Crippen molar-refractivity contribution < 1.29 is 19.4 Å². The molecule has 1 amide bonds. The average molecular weight is 327 g/mol. The van der Waals surface area contributed by atoms with Crippen molar-refractivity contribution in [3.05, 3.63) is 65.2 Å². The number of aryl methyl sites for hydroxylation is 1. The average Bonchev–Trinajstić information content (AvgIpc) is 2.58. The smallest absolute Gasteiger partial charge is 0.308 e. The van der Waals surface area contributed by atoms with Crippen LogP contribution in [0.15, 0.2) is 48.5 Å². The van der Waals surface area contributed by atoms with Crippen LogP contribution in [0.5, 0.6) is 5.75 Å². The van der Waals surface area contributed by atoms with Gasteiger partial charge in [-0.3, -0.25) is 9.59 Å². The topological polar surface area (TPSA) is 75.6 Å². The van der Waals surface area contributed by atoms with Crippen molar-refractivity contribution in [2.45, 2.75) is 13.3 Å². The Morgan fingerprint density at radius 1 is 1.17 bits per heavy atom. The number of hydrogen-bond donors (Lipinski definition) is 2. The van der Waals surface area contributed by atoms with Crippen LogP contribution >= 0.6 is 0 Å². The van der Waals surface area contributed by atoms with Crippen LogP contribution in [-0.2, 0) is 11.2 Å². The van der Waals surface area contributed by atoms with Gasteiger partial charge >= 0.3 is 5.97 Å². The van der Waals surface area contributed by atoms with Crippen molar-refractivity contribution in [3.63, 3.8) is 0 Å².